The van der Waals surface area contributed by atoms with E-state index in [9.17, 15) is 9.18 Å². The van der Waals surface area contributed by atoms with E-state index in [2.05, 4.69) is 9.97 Å². The number of hydrogen-bond donors (Lipinski definition) is 0. The highest BCUT2D eigenvalue weighted by atomic mass is 19.1. The van der Waals surface area contributed by atoms with Gasteiger partial charge in [0.1, 0.15) is 5.82 Å². The molecule has 1 amide bonds. The highest BCUT2D eigenvalue weighted by Crippen LogP contribution is 2.19. The van der Waals surface area contributed by atoms with Crippen LogP contribution in [0.1, 0.15) is 23.5 Å². The van der Waals surface area contributed by atoms with Gasteiger partial charge in [0.05, 0.1) is 19.2 Å². The number of hydrogen-bond acceptors (Lipinski definition) is 4. The third-order valence-electron chi connectivity index (χ3n) is 4.49. The summed E-state index contributed by atoms with van der Waals surface area (Å²) in [5, 5.41) is 1.01. The molecule has 2 aromatic carbocycles. The molecule has 27 heavy (non-hydrogen) atoms. The molecule has 140 valence electrons. The molecule has 1 heterocycles. The molecular weight excluding hydrogens is 345 g/mol. The van der Waals surface area contributed by atoms with Crippen molar-refractivity contribution in [2.75, 3.05) is 14.2 Å². The van der Waals surface area contributed by atoms with E-state index in [0.29, 0.717) is 18.8 Å². The number of halogens is 1. The van der Waals surface area contributed by atoms with Crippen molar-refractivity contribution in [3.63, 3.8) is 0 Å². The van der Waals surface area contributed by atoms with E-state index in [-0.39, 0.29) is 18.1 Å². The smallest absolute Gasteiger partial charge is 0.223 e. The van der Waals surface area contributed by atoms with Crippen molar-refractivity contribution < 1.29 is 13.9 Å². The van der Waals surface area contributed by atoms with Crippen LogP contribution in [-0.2, 0) is 17.8 Å². The van der Waals surface area contributed by atoms with Crippen LogP contribution in [0.25, 0.3) is 10.9 Å². The molecule has 1 aromatic heterocycles. The number of amides is 1. The summed E-state index contributed by atoms with van der Waals surface area (Å²) in [6, 6.07) is 12.6. The van der Waals surface area contributed by atoms with E-state index in [1.54, 1.807) is 24.1 Å². The zero-order valence-corrected chi connectivity index (χ0v) is 15.7. The fraction of sp³-hybridized carbons (Fsp3) is 0.286. The van der Waals surface area contributed by atoms with E-state index < -0.39 is 5.82 Å². The third-order valence-corrected chi connectivity index (χ3v) is 4.49. The summed E-state index contributed by atoms with van der Waals surface area (Å²) in [5.41, 5.74) is 2.52. The number of fused-ring (bicyclic) bond motifs is 1. The number of ether oxygens (including phenoxy) is 1. The highest BCUT2D eigenvalue weighted by Gasteiger charge is 2.13. The second-order valence-corrected chi connectivity index (χ2v) is 6.46. The van der Waals surface area contributed by atoms with Crippen molar-refractivity contribution in [1.82, 2.24) is 14.9 Å². The second-order valence-electron chi connectivity index (χ2n) is 6.46. The molecule has 0 aliphatic heterocycles. The van der Waals surface area contributed by atoms with E-state index in [1.807, 2.05) is 31.2 Å². The van der Waals surface area contributed by atoms with Gasteiger partial charge in [0, 0.05) is 24.5 Å². The molecule has 0 N–H and O–H groups in total. The molecular formula is C21H22FN3O2. The second kappa shape index (κ2) is 8.12. The Hall–Kier alpha value is -3.02. The Morgan fingerprint density at radius 1 is 1.19 bits per heavy atom. The molecule has 0 bridgehead atoms. The van der Waals surface area contributed by atoms with Gasteiger partial charge in [-0.15, -0.1) is 0 Å². The first-order valence-corrected chi connectivity index (χ1v) is 8.76. The SMILES string of the molecule is COc1ccc(CCC(=O)N(C)Cc2nc(C)c3ccccc3n2)cc1F. The molecule has 0 atom stereocenters. The van der Waals surface area contributed by atoms with Crippen LogP contribution >= 0.6 is 0 Å². The Labute approximate surface area is 157 Å². The molecule has 0 spiro atoms. The molecule has 0 saturated carbocycles. The molecule has 0 saturated heterocycles. The lowest BCUT2D eigenvalue weighted by atomic mass is 10.1. The molecule has 0 unspecified atom stereocenters. The Bertz CT molecular complexity index is 975. The molecule has 3 aromatic rings. The summed E-state index contributed by atoms with van der Waals surface area (Å²) in [7, 11) is 3.15. The molecule has 0 aliphatic carbocycles. The first kappa shape index (κ1) is 18.8. The minimum absolute atomic E-state index is 0.0411. The minimum Gasteiger partial charge on any atom is -0.494 e. The van der Waals surface area contributed by atoms with Gasteiger partial charge >= 0.3 is 0 Å². The van der Waals surface area contributed by atoms with Crippen molar-refractivity contribution in [3.05, 3.63) is 65.4 Å². The fourth-order valence-electron chi connectivity index (χ4n) is 2.97. The van der Waals surface area contributed by atoms with Crippen LogP contribution in [0.2, 0.25) is 0 Å². The van der Waals surface area contributed by atoms with Crippen molar-refractivity contribution in [3.8, 4) is 5.75 Å². The predicted molar refractivity (Wildman–Crippen MR) is 102 cm³/mol. The number of carbonyl (C=O) groups excluding carboxylic acids is 1. The number of carbonyl (C=O) groups is 1. The summed E-state index contributed by atoms with van der Waals surface area (Å²) in [4.78, 5) is 23.1. The lowest BCUT2D eigenvalue weighted by Crippen LogP contribution is -2.27. The van der Waals surface area contributed by atoms with Crippen molar-refractivity contribution in [2.24, 2.45) is 0 Å². The average molecular weight is 367 g/mol. The summed E-state index contributed by atoms with van der Waals surface area (Å²) < 4.78 is 18.7. The largest absolute Gasteiger partial charge is 0.494 e. The molecule has 0 fully saturated rings. The summed E-state index contributed by atoms with van der Waals surface area (Å²) in [6.07, 6.45) is 0.747. The van der Waals surface area contributed by atoms with Gasteiger partial charge in [-0.1, -0.05) is 24.3 Å². The normalized spacial score (nSPS) is 10.8. The predicted octanol–water partition coefficient (Wildman–Crippen LogP) is 3.68. The van der Waals surface area contributed by atoms with Crippen LogP contribution in [0.3, 0.4) is 0 Å². The van der Waals surface area contributed by atoms with Gasteiger partial charge in [0.2, 0.25) is 5.91 Å². The fourth-order valence-corrected chi connectivity index (χ4v) is 2.97. The zero-order valence-electron chi connectivity index (χ0n) is 15.7. The van der Waals surface area contributed by atoms with Crippen LogP contribution in [0.4, 0.5) is 4.39 Å². The van der Waals surface area contributed by atoms with Crippen LogP contribution in [0.15, 0.2) is 42.5 Å². The van der Waals surface area contributed by atoms with Crippen molar-refractivity contribution in [2.45, 2.75) is 26.3 Å². The van der Waals surface area contributed by atoms with E-state index in [0.717, 1.165) is 22.2 Å². The summed E-state index contributed by atoms with van der Waals surface area (Å²) >= 11 is 0. The third kappa shape index (κ3) is 4.39. The molecule has 5 nitrogen and oxygen atoms in total. The Morgan fingerprint density at radius 2 is 1.96 bits per heavy atom. The lowest BCUT2D eigenvalue weighted by Gasteiger charge is -2.17. The lowest BCUT2D eigenvalue weighted by molar-refractivity contribution is -0.130. The molecule has 0 aliphatic rings. The maximum absolute atomic E-state index is 13.7. The first-order chi connectivity index (χ1) is 13.0. The van der Waals surface area contributed by atoms with Gasteiger partial charge in [-0.25, -0.2) is 14.4 Å². The monoisotopic (exact) mass is 367 g/mol. The molecule has 3 rings (SSSR count). The van der Waals surface area contributed by atoms with Gasteiger partial charge < -0.3 is 9.64 Å². The van der Waals surface area contributed by atoms with Gasteiger partial charge in [-0.2, -0.15) is 0 Å². The van der Waals surface area contributed by atoms with Crippen LogP contribution < -0.4 is 4.74 Å². The standard InChI is InChI=1S/C21H22FN3O2/c1-14-16-6-4-5-7-18(16)24-20(23-14)13-25(2)21(26)11-9-15-8-10-19(27-3)17(22)12-15/h4-8,10,12H,9,11,13H2,1-3H3. The van der Waals surface area contributed by atoms with Gasteiger partial charge in [-0.05, 0) is 37.1 Å². The number of para-hydroxylation sites is 1. The number of aromatic nitrogens is 2. The summed E-state index contributed by atoms with van der Waals surface area (Å²) in [5.74, 6) is 0.347. The maximum Gasteiger partial charge on any atom is 0.223 e. The Kier molecular flexibility index (Phi) is 5.64. The van der Waals surface area contributed by atoms with Crippen LogP contribution in [0.5, 0.6) is 5.75 Å². The van der Waals surface area contributed by atoms with Gasteiger partial charge in [0.25, 0.3) is 0 Å². The topological polar surface area (TPSA) is 55.3 Å². The minimum atomic E-state index is -0.421. The van der Waals surface area contributed by atoms with E-state index >= 15 is 0 Å². The number of methoxy groups -OCH3 is 1. The van der Waals surface area contributed by atoms with Gasteiger partial charge in [0.15, 0.2) is 11.6 Å². The number of nitrogens with zero attached hydrogens (tertiary/aromatic N) is 3. The quantitative estimate of drug-likeness (QED) is 0.667. The number of rotatable bonds is 6. The molecule has 6 heteroatoms. The van der Waals surface area contributed by atoms with Crippen LogP contribution in [0, 0.1) is 12.7 Å². The van der Waals surface area contributed by atoms with Gasteiger partial charge in [-0.3, -0.25) is 4.79 Å². The van der Waals surface area contributed by atoms with E-state index in [1.165, 1.54) is 13.2 Å². The van der Waals surface area contributed by atoms with Crippen molar-refractivity contribution in [1.29, 1.82) is 0 Å². The average Bonchev–Trinajstić information content (AvgIpc) is 2.66. The Morgan fingerprint density at radius 3 is 2.70 bits per heavy atom. The highest BCUT2D eigenvalue weighted by molar-refractivity contribution is 5.80. The van der Waals surface area contributed by atoms with Crippen molar-refractivity contribution >= 4 is 16.8 Å². The summed E-state index contributed by atoms with van der Waals surface area (Å²) in [6.45, 7) is 2.27. The van der Waals surface area contributed by atoms with Crippen LogP contribution in [-0.4, -0.2) is 34.9 Å². The zero-order chi connectivity index (χ0) is 19.4. The first-order valence-electron chi connectivity index (χ1n) is 8.76. The number of benzene rings is 2. The van der Waals surface area contributed by atoms with E-state index in [4.69, 9.17) is 4.74 Å². The Balaban J connectivity index is 1.63. The molecule has 0 radical (unpaired) electrons. The maximum atomic E-state index is 13.7. The number of aryl methyl sites for hydroxylation is 2.